The first-order valence-corrected chi connectivity index (χ1v) is 15.4. The lowest BCUT2D eigenvalue weighted by atomic mass is 9.97. The van der Waals surface area contributed by atoms with E-state index in [1.165, 1.54) is 38.3 Å². The molecule has 0 aliphatic carbocycles. The number of carbonyl (C=O) groups excluding carboxylic acids is 1. The summed E-state index contributed by atoms with van der Waals surface area (Å²) in [5.41, 5.74) is 6.42. The number of hydrogen-bond donors (Lipinski definition) is 0. The quantitative estimate of drug-likeness (QED) is 0.198. The highest BCUT2D eigenvalue weighted by molar-refractivity contribution is 7.89. The Kier molecular flexibility index (Phi) is 7.69. The van der Waals surface area contributed by atoms with Crippen LogP contribution >= 0.6 is 0 Å². The van der Waals surface area contributed by atoms with Gasteiger partial charge in [-0.05, 0) is 58.4 Å². The lowest BCUT2D eigenvalue weighted by Crippen LogP contribution is -2.30. The summed E-state index contributed by atoms with van der Waals surface area (Å²) in [7, 11) is -3.70. The summed E-state index contributed by atoms with van der Waals surface area (Å²) in [6.07, 6.45) is 2.92. The van der Waals surface area contributed by atoms with Gasteiger partial charge < -0.3 is 4.57 Å². The molecular weight excluding hydrogens is 544 g/mol. The Morgan fingerprint density at radius 1 is 0.619 bits per heavy atom. The van der Waals surface area contributed by atoms with Crippen molar-refractivity contribution >= 4 is 15.8 Å². The van der Waals surface area contributed by atoms with Crippen molar-refractivity contribution in [3.8, 4) is 33.4 Å². The van der Waals surface area contributed by atoms with Gasteiger partial charge in [-0.1, -0.05) is 97.1 Å². The maximum Gasteiger partial charge on any atom is 0.251 e. The Hall–Kier alpha value is -4.59. The van der Waals surface area contributed by atoms with Gasteiger partial charge in [0, 0.05) is 30.9 Å². The first-order valence-electron chi connectivity index (χ1n) is 14.0. The van der Waals surface area contributed by atoms with Gasteiger partial charge >= 0.3 is 0 Å². The number of pyridine rings is 1. The molecular formula is C35H30N2O4S. The van der Waals surface area contributed by atoms with Gasteiger partial charge in [-0.2, -0.15) is 4.31 Å². The van der Waals surface area contributed by atoms with Crippen molar-refractivity contribution in [2.75, 3.05) is 13.1 Å². The minimum Gasteiger partial charge on any atom is -0.306 e. The fraction of sp³-hybridized carbons (Fsp3) is 0.143. The Balaban J connectivity index is 1.18. The van der Waals surface area contributed by atoms with Gasteiger partial charge in [0.05, 0.1) is 11.4 Å². The maximum atomic E-state index is 13.2. The summed E-state index contributed by atoms with van der Waals surface area (Å²) < 4.78 is 28.5. The molecule has 2 heterocycles. The molecule has 0 unspecified atom stereocenters. The molecule has 0 N–H and O–H groups in total. The third-order valence-corrected chi connectivity index (χ3v) is 9.58. The topological polar surface area (TPSA) is 76.5 Å². The summed E-state index contributed by atoms with van der Waals surface area (Å²) in [6.45, 7) is 0.687. The van der Waals surface area contributed by atoms with E-state index in [2.05, 4.69) is 48.5 Å². The predicted molar refractivity (Wildman–Crippen MR) is 166 cm³/mol. The highest BCUT2D eigenvalue weighted by atomic mass is 32.2. The molecule has 42 heavy (non-hydrogen) atoms. The number of benzene rings is 4. The molecule has 4 aromatic carbocycles. The van der Waals surface area contributed by atoms with E-state index < -0.39 is 15.6 Å². The Bertz CT molecular complexity index is 1890. The summed E-state index contributed by atoms with van der Waals surface area (Å²) in [4.78, 5) is 25.8. The lowest BCUT2D eigenvalue weighted by molar-refractivity contribution is 0.0970. The second-order valence-electron chi connectivity index (χ2n) is 10.5. The number of hydrogen-bond acceptors (Lipinski definition) is 4. The SMILES string of the molecule is O=C(Cn1cc(S(=O)(=O)N2CCCC2)ccc1=O)c1cccc(-c2ccc(-c3ccc(-c4ccccc4)cc3)cc2)c1. The van der Waals surface area contributed by atoms with Crippen LogP contribution in [0.25, 0.3) is 33.4 Å². The minimum atomic E-state index is -3.70. The van der Waals surface area contributed by atoms with Crippen LogP contribution in [0.5, 0.6) is 0 Å². The smallest absolute Gasteiger partial charge is 0.251 e. The molecule has 6 rings (SSSR count). The number of sulfonamides is 1. The monoisotopic (exact) mass is 574 g/mol. The van der Waals surface area contributed by atoms with Crippen LogP contribution in [0.4, 0.5) is 0 Å². The van der Waals surface area contributed by atoms with Gasteiger partial charge in [-0.25, -0.2) is 8.42 Å². The largest absolute Gasteiger partial charge is 0.306 e. The molecule has 210 valence electrons. The summed E-state index contributed by atoms with van der Waals surface area (Å²) >= 11 is 0. The summed E-state index contributed by atoms with van der Waals surface area (Å²) in [6, 6.07) is 36.7. The molecule has 5 aromatic rings. The van der Waals surface area contributed by atoms with E-state index in [1.54, 1.807) is 6.07 Å². The highest BCUT2D eigenvalue weighted by Gasteiger charge is 2.27. The lowest BCUT2D eigenvalue weighted by Gasteiger charge is -2.16. The molecule has 1 aliphatic heterocycles. The minimum absolute atomic E-state index is 0.0281. The van der Waals surface area contributed by atoms with Gasteiger partial charge in [-0.15, -0.1) is 0 Å². The van der Waals surface area contributed by atoms with Gasteiger partial charge in [-0.3, -0.25) is 9.59 Å². The molecule has 0 saturated carbocycles. The Morgan fingerprint density at radius 2 is 1.14 bits per heavy atom. The number of carbonyl (C=O) groups is 1. The van der Waals surface area contributed by atoms with Crippen molar-refractivity contribution in [1.82, 2.24) is 8.87 Å². The molecule has 7 heteroatoms. The first-order chi connectivity index (χ1) is 20.4. The van der Waals surface area contributed by atoms with Crippen LogP contribution in [-0.4, -0.2) is 36.2 Å². The van der Waals surface area contributed by atoms with Crippen LogP contribution in [0.15, 0.2) is 131 Å². The van der Waals surface area contributed by atoms with E-state index >= 15 is 0 Å². The molecule has 0 amide bonds. The zero-order chi connectivity index (χ0) is 29.1. The van der Waals surface area contributed by atoms with E-state index in [1.807, 2.05) is 48.5 Å². The van der Waals surface area contributed by atoms with Crippen LogP contribution in [0, 0.1) is 0 Å². The van der Waals surface area contributed by atoms with Crippen LogP contribution in [-0.2, 0) is 16.6 Å². The molecule has 0 radical (unpaired) electrons. The number of nitrogens with zero attached hydrogens (tertiary/aromatic N) is 2. The fourth-order valence-corrected chi connectivity index (χ4v) is 6.86. The zero-order valence-electron chi connectivity index (χ0n) is 23.0. The summed E-state index contributed by atoms with van der Waals surface area (Å²) in [5, 5.41) is 0. The number of aromatic nitrogens is 1. The van der Waals surface area contributed by atoms with Gasteiger partial charge in [0.2, 0.25) is 10.0 Å². The fourth-order valence-electron chi connectivity index (χ4n) is 5.32. The van der Waals surface area contributed by atoms with E-state index in [-0.39, 0.29) is 17.2 Å². The molecule has 0 bridgehead atoms. The highest BCUT2D eigenvalue weighted by Crippen LogP contribution is 2.28. The van der Waals surface area contributed by atoms with Crippen LogP contribution < -0.4 is 5.56 Å². The van der Waals surface area contributed by atoms with Crippen molar-refractivity contribution in [2.24, 2.45) is 0 Å². The number of ketones is 1. The maximum absolute atomic E-state index is 13.2. The molecule has 1 fully saturated rings. The molecule has 1 aromatic heterocycles. The van der Waals surface area contributed by atoms with Crippen molar-refractivity contribution in [3.63, 3.8) is 0 Å². The molecule has 0 atom stereocenters. The molecule has 6 nitrogen and oxygen atoms in total. The van der Waals surface area contributed by atoms with E-state index in [0.29, 0.717) is 18.7 Å². The van der Waals surface area contributed by atoms with Crippen LogP contribution in [0.3, 0.4) is 0 Å². The standard InChI is InChI=1S/C35H30N2O4S/c38-34(25-36-24-33(19-20-35(36)39)42(40,41)37-21-4-5-22-37)32-10-6-9-31(23-32)30-17-15-29(16-18-30)28-13-11-27(12-14-28)26-7-2-1-3-8-26/h1-3,6-20,23-24H,4-5,21-22,25H2. The summed E-state index contributed by atoms with van der Waals surface area (Å²) in [5.74, 6) is -0.273. The molecule has 1 saturated heterocycles. The first kappa shape index (κ1) is 27.6. The average Bonchev–Trinajstić information content (AvgIpc) is 3.59. The van der Waals surface area contributed by atoms with Gasteiger partial charge in [0.1, 0.15) is 0 Å². The second kappa shape index (κ2) is 11.7. The Labute approximate surface area is 245 Å². The van der Waals surface area contributed by atoms with Crippen molar-refractivity contribution < 1.29 is 13.2 Å². The average molecular weight is 575 g/mol. The van der Waals surface area contributed by atoms with Crippen LogP contribution in [0.2, 0.25) is 0 Å². The van der Waals surface area contributed by atoms with Crippen LogP contribution in [0.1, 0.15) is 23.2 Å². The molecule has 0 spiro atoms. The Morgan fingerprint density at radius 3 is 1.74 bits per heavy atom. The third kappa shape index (κ3) is 5.75. The van der Waals surface area contributed by atoms with Gasteiger partial charge in [0.25, 0.3) is 5.56 Å². The molecule has 1 aliphatic rings. The van der Waals surface area contributed by atoms with E-state index in [4.69, 9.17) is 0 Å². The number of Topliss-reactive ketones (excluding diaryl/α,β-unsaturated/α-hetero) is 1. The zero-order valence-corrected chi connectivity index (χ0v) is 23.8. The van der Waals surface area contributed by atoms with E-state index in [9.17, 15) is 18.0 Å². The van der Waals surface area contributed by atoms with Crippen molar-refractivity contribution in [3.05, 3.63) is 137 Å². The van der Waals surface area contributed by atoms with Crippen molar-refractivity contribution in [1.29, 1.82) is 0 Å². The van der Waals surface area contributed by atoms with Gasteiger partial charge in [0.15, 0.2) is 5.78 Å². The van der Waals surface area contributed by atoms with E-state index in [0.717, 1.165) is 35.1 Å². The number of rotatable bonds is 8. The van der Waals surface area contributed by atoms with Crippen molar-refractivity contribution in [2.45, 2.75) is 24.3 Å². The normalized spacial score (nSPS) is 13.7. The second-order valence-corrected chi connectivity index (χ2v) is 12.4. The predicted octanol–water partition coefficient (Wildman–Crippen LogP) is 6.52. The third-order valence-electron chi connectivity index (χ3n) is 7.70.